The molecule has 2 heterocycles. The molecule has 2 N–H and O–H groups in total. The Kier molecular flexibility index (Phi) is 3.69. The molecule has 0 aromatic carbocycles. The van der Waals surface area contributed by atoms with Gasteiger partial charge >= 0.3 is 0 Å². The first kappa shape index (κ1) is 13.4. The van der Waals surface area contributed by atoms with Gasteiger partial charge in [-0.1, -0.05) is 6.92 Å². The van der Waals surface area contributed by atoms with E-state index in [1.807, 2.05) is 13.8 Å². The largest absolute Gasteiger partial charge is 0.378 e. The zero-order valence-corrected chi connectivity index (χ0v) is 11.4. The van der Waals surface area contributed by atoms with Gasteiger partial charge in [0.2, 0.25) is 0 Å². The van der Waals surface area contributed by atoms with Gasteiger partial charge in [-0.2, -0.15) is 0 Å². The van der Waals surface area contributed by atoms with Crippen LogP contribution in [0.15, 0.2) is 5.16 Å². The summed E-state index contributed by atoms with van der Waals surface area (Å²) in [4.78, 5) is 0. The van der Waals surface area contributed by atoms with Gasteiger partial charge in [0.1, 0.15) is 5.82 Å². The van der Waals surface area contributed by atoms with E-state index in [1.165, 1.54) is 0 Å². The Bertz CT molecular complexity index is 525. The molecular formula is C10H18N4O3S. The first-order valence-electron chi connectivity index (χ1n) is 6.01. The van der Waals surface area contributed by atoms with Crippen LogP contribution in [-0.4, -0.2) is 35.9 Å². The Labute approximate surface area is 106 Å². The van der Waals surface area contributed by atoms with Crippen LogP contribution < -0.4 is 5.14 Å². The summed E-state index contributed by atoms with van der Waals surface area (Å²) in [6.07, 6.45) is 1.78. The highest BCUT2D eigenvalue weighted by Crippen LogP contribution is 2.29. The van der Waals surface area contributed by atoms with Gasteiger partial charge in [-0.25, -0.2) is 13.6 Å². The second-order valence-electron chi connectivity index (χ2n) is 4.61. The predicted octanol–water partition coefficient (Wildman–Crippen LogP) is 0.228. The van der Waals surface area contributed by atoms with Gasteiger partial charge in [0.25, 0.3) is 15.2 Å². The van der Waals surface area contributed by atoms with Crippen molar-refractivity contribution < 1.29 is 13.2 Å². The smallest absolute Gasteiger partial charge is 0.273 e. The zero-order chi connectivity index (χ0) is 13.3. The minimum Gasteiger partial charge on any atom is -0.378 e. The van der Waals surface area contributed by atoms with E-state index in [4.69, 9.17) is 9.88 Å². The molecule has 1 aromatic heterocycles. The molecule has 1 aliphatic heterocycles. The summed E-state index contributed by atoms with van der Waals surface area (Å²) >= 11 is 0. The molecule has 0 saturated carbocycles. The molecular weight excluding hydrogens is 256 g/mol. The molecule has 0 spiro atoms. The van der Waals surface area contributed by atoms with E-state index in [-0.39, 0.29) is 17.2 Å². The second kappa shape index (κ2) is 4.94. The van der Waals surface area contributed by atoms with E-state index in [2.05, 4.69) is 10.2 Å². The minimum absolute atomic E-state index is 0.0922. The van der Waals surface area contributed by atoms with Crippen molar-refractivity contribution in [2.45, 2.75) is 50.4 Å². The first-order chi connectivity index (χ1) is 8.43. The number of nitrogens with two attached hydrogens (primary N) is 1. The minimum atomic E-state index is -3.83. The van der Waals surface area contributed by atoms with Gasteiger partial charge in [-0.3, -0.25) is 0 Å². The normalized spacial score (nSPS) is 24.6. The van der Waals surface area contributed by atoms with Gasteiger partial charge in [0.15, 0.2) is 0 Å². The number of ether oxygens (including phenoxy) is 1. The lowest BCUT2D eigenvalue weighted by Gasteiger charge is -2.11. The zero-order valence-electron chi connectivity index (χ0n) is 10.5. The van der Waals surface area contributed by atoms with Gasteiger partial charge in [0, 0.05) is 12.5 Å². The molecule has 0 radical (unpaired) electrons. The van der Waals surface area contributed by atoms with Crippen LogP contribution in [0.4, 0.5) is 0 Å². The highest BCUT2D eigenvalue weighted by Gasteiger charge is 2.30. The topological polar surface area (TPSA) is 100 Å². The van der Waals surface area contributed by atoms with E-state index < -0.39 is 10.0 Å². The molecule has 18 heavy (non-hydrogen) atoms. The maximum absolute atomic E-state index is 11.4. The van der Waals surface area contributed by atoms with Gasteiger partial charge in [-0.15, -0.1) is 10.2 Å². The number of hydrogen-bond acceptors (Lipinski definition) is 5. The van der Waals surface area contributed by atoms with E-state index in [9.17, 15) is 8.42 Å². The van der Waals surface area contributed by atoms with E-state index in [0.717, 1.165) is 12.8 Å². The number of primary sulfonamides is 1. The van der Waals surface area contributed by atoms with Crippen molar-refractivity contribution in [3.63, 3.8) is 0 Å². The van der Waals surface area contributed by atoms with Crippen LogP contribution in [0.2, 0.25) is 0 Å². The molecule has 1 saturated heterocycles. The van der Waals surface area contributed by atoms with Gasteiger partial charge < -0.3 is 9.30 Å². The molecule has 2 atom stereocenters. The van der Waals surface area contributed by atoms with Crippen molar-refractivity contribution >= 4 is 10.0 Å². The SMILES string of the molecule is CCCn1c(C2COC(C)C2)nnc1S(N)(=O)=O. The third-order valence-corrected chi connectivity index (χ3v) is 3.82. The molecule has 1 aromatic rings. The molecule has 8 heteroatoms. The Morgan fingerprint density at radius 1 is 1.50 bits per heavy atom. The maximum Gasteiger partial charge on any atom is 0.273 e. The lowest BCUT2D eigenvalue weighted by atomic mass is 10.1. The predicted molar refractivity (Wildman–Crippen MR) is 64.5 cm³/mol. The second-order valence-corrected chi connectivity index (χ2v) is 6.07. The third kappa shape index (κ3) is 2.55. The highest BCUT2D eigenvalue weighted by molar-refractivity contribution is 7.89. The van der Waals surface area contributed by atoms with Crippen LogP contribution in [-0.2, 0) is 21.3 Å². The molecule has 0 bridgehead atoms. The summed E-state index contributed by atoms with van der Waals surface area (Å²) in [5, 5.41) is 12.7. The summed E-state index contributed by atoms with van der Waals surface area (Å²) in [6.45, 7) is 5.04. The van der Waals surface area contributed by atoms with Crippen LogP contribution in [0.1, 0.15) is 38.4 Å². The van der Waals surface area contributed by atoms with Gasteiger partial charge in [0.05, 0.1) is 12.7 Å². The summed E-state index contributed by atoms with van der Waals surface area (Å²) in [6, 6.07) is 0. The fourth-order valence-electron chi connectivity index (χ4n) is 2.24. The summed E-state index contributed by atoms with van der Waals surface area (Å²) in [5.74, 6) is 0.750. The Hall–Kier alpha value is -0.990. The van der Waals surface area contributed by atoms with Gasteiger partial charge in [-0.05, 0) is 19.8 Å². The van der Waals surface area contributed by atoms with Crippen LogP contribution in [0.5, 0.6) is 0 Å². The molecule has 7 nitrogen and oxygen atoms in total. The lowest BCUT2D eigenvalue weighted by molar-refractivity contribution is 0.123. The van der Waals surface area contributed by atoms with Crippen molar-refractivity contribution in [2.75, 3.05) is 6.61 Å². The quantitative estimate of drug-likeness (QED) is 0.847. The first-order valence-corrected chi connectivity index (χ1v) is 7.55. The van der Waals surface area contributed by atoms with Crippen molar-refractivity contribution in [3.05, 3.63) is 5.82 Å². The fraction of sp³-hybridized carbons (Fsp3) is 0.800. The molecule has 2 rings (SSSR count). The number of aromatic nitrogens is 3. The van der Waals surface area contributed by atoms with Crippen LogP contribution in [0.25, 0.3) is 0 Å². The monoisotopic (exact) mass is 274 g/mol. The summed E-state index contributed by atoms with van der Waals surface area (Å²) < 4.78 is 30.0. The molecule has 0 aliphatic carbocycles. The third-order valence-electron chi connectivity index (χ3n) is 3.01. The molecule has 1 fully saturated rings. The van der Waals surface area contributed by atoms with Crippen LogP contribution in [0.3, 0.4) is 0 Å². The number of nitrogens with zero attached hydrogens (tertiary/aromatic N) is 3. The van der Waals surface area contributed by atoms with Crippen LogP contribution >= 0.6 is 0 Å². The number of hydrogen-bond donors (Lipinski definition) is 1. The number of sulfonamides is 1. The summed E-state index contributed by atoms with van der Waals surface area (Å²) in [7, 11) is -3.83. The van der Waals surface area contributed by atoms with Crippen molar-refractivity contribution in [2.24, 2.45) is 5.14 Å². The average molecular weight is 274 g/mol. The highest BCUT2D eigenvalue weighted by atomic mass is 32.2. The fourth-order valence-corrected chi connectivity index (χ4v) is 2.89. The summed E-state index contributed by atoms with van der Waals surface area (Å²) in [5.41, 5.74) is 0. The van der Waals surface area contributed by atoms with E-state index in [1.54, 1.807) is 4.57 Å². The molecule has 102 valence electrons. The average Bonchev–Trinajstić information content (AvgIpc) is 2.83. The Balaban J connectivity index is 2.39. The molecule has 2 unspecified atom stereocenters. The van der Waals surface area contributed by atoms with E-state index >= 15 is 0 Å². The molecule has 1 aliphatic rings. The number of rotatable bonds is 4. The van der Waals surface area contributed by atoms with E-state index in [0.29, 0.717) is 19.0 Å². The van der Waals surface area contributed by atoms with Crippen LogP contribution in [0, 0.1) is 0 Å². The van der Waals surface area contributed by atoms with Crippen molar-refractivity contribution in [1.82, 2.24) is 14.8 Å². The Morgan fingerprint density at radius 3 is 2.72 bits per heavy atom. The standard InChI is InChI=1S/C10H18N4O3S/c1-3-4-14-9(8-5-7(2)17-6-8)12-13-10(14)18(11,15)16/h7-8H,3-6H2,1-2H3,(H2,11,15,16). The maximum atomic E-state index is 11.4. The lowest BCUT2D eigenvalue weighted by Crippen LogP contribution is -2.20. The molecule has 0 amide bonds. The Morgan fingerprint density at radius 2 is 2.22 bits per heavy atom. The van der Waals surface area contributed by atoms with Crippen molar-refractivity contribution in [1.29, 1.82) is 0 Å². The van der Waals surface area contributed by atoms with Crippen molar-refractivity contribution in [3.8, 4) is 0 Å².